The van der Waals surface area contributed by atoms with E-state index >= 15 is 0 Å². The normalized spacial score (nSPS) is 14.6. The molecule has 1 heterocycles. The van der Waals surface area contributed by atoms with Gasteiger partial charge in [-0.15, -0.1) is 0 Å². The number of carbonyl (C=O) groups is 3. The van der Waals surface area contributed by atoms with E-state index in [1.807, 2.05) is 0 Å². The highest BCUT2D eigenvalue weighted by Gasteiger charge is 2.24. The number of piperidine rings is 1. The summed E-state index contributed by atoms with van der Waals surface area (Å²) in [5.74, 6) is -1.05. The Morgan fingerprint density at radius 2 is 1.96 bits per heavy atom. The number of halogens is 1. The molecule has 0 aromatic heterocycles. The van der Waals surface area contributed by atoms with Crippen LogP contribution in [-0.2, 0) is 14.3 Å². The summed E-state index contributed by atoms with van der Waals surface area (Å²) in [5.41, 5.74) is 6.12. The number of hydrogen-bond acceptors (Lipinski definition) is 6. The van der Waals surface area contributed by atoms with Crippen LogP contribution in [0.15, 0.2) is 18.2 Å². The summed E-state index contributed by atoms with van der Waals surface area (Å²) in [6.45, 7) is 2.71. The van der Waals surface area contributed by atoms with Gasteiger partial charge >= 0.3 is 12.1 Å². The molecular formula is C17H22ClN3O5. The second kappa shape index (κ2) is 9.28. The first-order valence-electron chi connectivity index (χ1n) is 8.34. The van der Waals surface area contributed by atoms with Crippen molar-refractivity contribution in [3.63, 3.8) is 0 Å². The topological polar surface area (TPSA) is 111 Å². The third-order valence-corrected chi connectivity index (χ3v) is 4.30. The lowest BCUT2D eigenvalue weighted by atomic mass is 10.1. The summed E-state index contributed by atoms with van der Waals surface area (Å²) in [6.07, 6.45) is 0.895. The molecule has 1 saturated heterocycles. The fourth-order valence-electron chi connectivity index (χ4n) is 2.58. The highest BCUT2D eigenvalue weighted by Crippen LogP contribution is 2.20. The zero-order chi connectivity index (χ0) is 19.1. The van der Waals surface area contributed by atoms with Gasteiger partial charge in [0.05, 0.1) is 22.9 Å². The van der Waals surface area contributed by atoms with Crippen molar-refractivity contribution in [1.29, 1.82) is 0 Å². The third-order valence-electron chi connectivity index (χ3n) is 3.95. The van der Waals surface area contributed by atoms with Gasteiger partial charge in [0, 0.05) is 19.1 Å². The van der Waals surface area contributed by atoms with Crippen molar-refractivity contribution in [1.82, 2.24) is 10.2 Å². The van der Waals surface area contributed by atoms with Gasteiger partial charge in [-0.25, -0.2) is 9.59 Å². The van der Waals surface area contributed by atoms with Crippen LogP contribution in [0.25, 0.3) is 0 Å². The number of rotatable bonds is 5. The molecule has 0 atom stereocenters. The van der Waals surface area contributed by atoms with Gasteiger partial charge in [-0.3, -0.25) is 4.79 Å². The van der Waals surface area contributed by atoms with E-state index in [1.54, 1.807) is 11.8 Å². The molecule has 1 aromatic rings. The minimum absolute atomic E-state index is 0.0712. The number of anilines is 1. The van der Waals surface area contributed by atoms with Crippen molar-refractivity contribution in [3.05, 3.63) is 28.8 Å². The molecule has 0 bridgehead atoms. The first kappa shape index (κ1) is 19.8. The number of nitrogens with two attached hydrogens (primary N) is 1. The Hall–Kier alpha value is -2.48. The Bertz CT molecular complexity index is 674. The van der Waals surface area contributed by atoms with Crippen molar-refractivity contribution in [3.8, 4) is 0 Å². The first-order chi connectivity index (χ1) is 12.4. The fraction of sp³-hybridized carbons (Fsp3) is 0.471. The number of nitrogens with zero attached hydrogens (tertiary/aromatic N) is 1. The van der Waals surface area contributed by atoms with Gasteiger partial charge < -0.3 is 25.4 Å². The second-order valence-corrected chi connectivity index (χ2v) is 6.25. The monoisotopic (exact) mass is 383 g/mol. The molecule has 3 N–H and O–H groups in total. The second-order valence-electron chi connectivity index (χ2n) is 5.84. The van der Waals surface area contributed by atoms with E-state index in [9.17, 15) is 14.4 Å². The Morgan fingerprint density at radius 1 is 1.27 bits per heavy atom. The fourth-order valence-corrected chi connectivity index (χ4v) is 2.69. The number of likely N-dealkylation sites (tertiary alicyclic amines) is 1. The molecule has 1 fully saturated rings. The molecule has 2 rings (SSSR count). The first-order valence-corrected chi connectivity index (χ1v) is 8.71. The van der Waals surface area contributed by atoms with Crippen molar-refractivity contribution in [2.24, 2.45) is 0 Å². The summed E-state index contributed by atoms with van der Waals surface area (Å²) in [4.78, 5) is 37.1. The van der Waals surface area contributed by atoms with Crippen LogP contribution in [-0.4, -0.2) is 55.2 Å². The Balaban J connectivity index is 1.73. The maximum Gasteiger partial charge on any atom is 0.409 e. The van der Waals surface area contributed by atoms with Gasteiger partial charge in [-0.2, -0.15) is 0 Å². The largest absolute Gasteiger partial charge is 0.452 e. The number of ether oxygens (including phenoxy) is 2. The maximum absolute atomic E-state index is 11.9. The van der Waals surface area contributed by atoms with Crippen LogP contribution >= 0.6 is 11.6 Å². The lowest BCUT2D eigenvalue weighted by Crippen LogP contribution is -2.47. The van der Waals surface area contributed by atoms with E-state index in [0.29, 0.717) is 37.6 Å². The SMILES string of the molecule is CCOC(=O)N1CCC(NC(=O)COC(=O)c2ccc(Cl)c(N)c2)CC1. The quantitative estimate of drug-likeness (QED) is 0.592. The highest BCUT2D eigenvalue weighted by atomic mass is 35.5. The summed E-state index contributed by atoms with van der Waals surface area (Å²) < 4.78 is 9.93. The van der Waals surface area contributed by atoms with Gasteiger partial charge in [0.1, 0.15) is 0 Å². The lowest BCUT2D eigenvalue weighted by Gasteiger charge is -2.31. The molecule has 0 spiro atoms. The van der Waals surface area contributed by atoms with Crippen molar-refractivity contribution < 1.29 is 23.9 Å². The summed E-state index contributed by atoms with van der Waals surface area (Å²) >= 11 is 5.80. The highest BCUT2D eigenvalue weighted by molar-refractivity contribution is 6.33. The Labute approximate surface area is 156 Å². The Kier molecular flexibility index (Phi) is 7.08. The van der Waals surface area contributed by atoms with Crippen LogP contribution in [0.1, 0.15) is 30.1 Å². The lowest BCUT2D eigenvalue weighted by molar-refractivity contribution is -0.125. The predicted molar refractivity (Wildman–Crippen MR) is 95.9 cm³/mol. The van der Waals surface area contributed by atoms with Crippen molar-refractivity contribution in [2.45, 2.75) is 25.8 Å². The predicted octanol–water partition coefficient (Wildman–Crippen LogP) is 1.82. The molecule has 9 heteroatoms. The van der Waals surface area contributed by atoms with E-state index in [1.165, 1.54) is 18.2 Å². The molecule has 1 aliphatic rings. The molecule has 2 amide bonds. The van der Waals surface area contributed by atoms with E-state index in [0.717, 1.165) is 0 Å². The maximum atomic E-state index is 11.9. The number of nitrogen functional groups attached to an aromatic ring is 1. The van der Waals surface area contributed by atoms with E-state index in [4.69, 9.17) is 26.8 Å². The van der Waals surface area contributed by atoms with Crippen molar-refractivity contribution in [2.75, 3.05) is 32.0 Å². The molecule has 142 valence electrons. The minimum Gasteiger partial charge on any atom is -0.452 e. The van der Waals surface area contributed by atoms with Gasteiger partial charge in [-0.1, -0.05) is 11.6 Å². The van der Waals surface area contributed by atoms with Gasteiger partial charge in [0.15, 0.2) is 6.61 Å². The smallest absolute Gasteiger partial charge is 0.409 e. The van der Waals surface area contributed by atoms with Crippen LogP contribution in [0.2, 0.25) is 5.02 Å². The molecule has 8 nitrogen and oxygen atoms in total. The molecule has 1 aromatic carbocycles. The molecular weight excluding hydrogens is 362 g/mol. The number of nitrogens with one attached hydrogen (secondary N) is 1. The molecule has 0 unspecified atom stereocenters. The molecule has 26 heavy (non-hydrogen) atoms. The zero-order valence-electron chi connectivity index (χ0n) is 14.5. The van der Waals surface area contributed by atoms with Crippen LogP contribution < -0.4 is 11.1 Å². The number of benzene rings is 1. The van der Waals surface area contributed by atoms with Crippen LogP contribution in [0.5, 0.6) is 0 Å². The minimum atomic E-state index is -0.652. The average molecular weight is 384 g/mol. The summed E-state index contributed by atoms with van der Waals surface area (Å²) in [7, 11) is 0. The molecule has 1 aliphatic heterocycles. The van der Waals surface area contributed by atoms with E-state index in [-0.39, 0.29) is 30.0 Å². The Morgan fingerprint density at radius 3 is 2.58 bits per heavy atom. The molecule has 0 aliphatic carbocycles. The number of esters is 1. The third kappa shape index (κ3) is 5.52. The van der Waals surface area contributed by atoms with E-state index in [2.05, 4.69) is 5.32 Å². The number of amides is 2. The molecule has 0 saturated carbocycles. The standard InChI is InChI=1S/C17H22ClN3O5/c1-2-25-17(24)21-7-5-12(6-8-21)20-15(22)10-26-16(23)11-3-4-13(18)14(19)9-11/h3-4,9,12H,2,5-8,10,19H2,1H3,(H,20,22). The van der Waals surface area contributed by atoms with Crippen LogP contribution in [0.3, 0.4) is 0 Å². The van der Waals surface area contributed by atoms with Gasteiger partial charge in [0.25, 0.3) is 5.91 Å². The summed E-state index contributed by atoms with van der Waals surface area (Å²) in [5, 5.41) is 3.14. The van der Waals surface area contributed by atoms with Crippen molar-refractivity contribution >= 4 is 35.3 Å². The van der Waals surface area contributed by atoms with Crippen LogP contribution in [0, 0.1) is 0 Å². The average Bonchev–Trinajstić information content (AvgIpc) is 2.62. The zero-order valence-corrected chi connectivity index (χ0v) is 15.3. The molecule has 0 radical (unpaired) electrons. The van der Waals surface area contributed by atoms with E-state index < -0.39 is 11.9 Å². The van der Waals surface area contributed by atoms with Gasteiger partial charge in [0.2, 0.25) is 0 Å². The summed E-state index contributed by atoms with van der Waals surface area (Å²) in [6, 6.07) is 4.29. The van der Waals surface area contributed by atoms with Crippen LogP contribution in [0.4, 0.5) is 10.5 Å². The number of carbonyl (C=O) groups excluding carboxylic acids is 3. The number of hydrogen-bond donors (Lipinski definition) is 2. The van der Waals surface area contributed by atoms with Gasteiger partial charge in [-0.05, 0) is 38.0 Å².